The summed E-state index contributed by atoms with van der Waals surface area (Å²) in [5.74, 6) is 0.312. The molecule has 1 aromatic carbocycles. The van der Waals surface area contributed by atoms with Gasteiger partial charge in [-0.25, -0.2) is 0 Å². The van der Waals surface area contributed by atoms with Crippen LogP contribution in [0.5, 0.6) is 5.75 Å². The van der Waals surface area contributed by atoms with Crippen molar-refractivity contribution in [2.45, 2.75) is 39.3 Å². The molecule has 4 nitrogen and oxygen atoms in total. The number of carbonyl (C=O) groups is 1. The molecule has 0 radical (unpaired) electrons. The molecular formula is C14H19BrN2O2S. The predicted molar refractivity (Wildman–Crippen MR) is 88.0 cm³/mol. The van der Waals surface area contributed by atoms with E-state index in [2.05, 4.69) is 21.2 Å². The van der Waals surface area contributed by atoms with Crippen LogP contribution in [0.4, 0.5) is 0 Å². The third-order valence-electron chi connectivity index (χ3n) is 2.38. The van der Waals surface area contributed by atoms with E-state index in [-0.39, 0.29) is 16.4 Å². The summed E-state index contributed by atoms with van der Waals surface area (Å²) < 4.78 is 6.52. The lowest BCUT2D eigenvalue weighted by atomic mass is 10.1. The van der Waals surface area contributed by atoms with Crippen LogP contribution < -0.4 is 15.8 Å². The highest BCUT2D eigenvalue weighted by Crippen LogP contribution is 2.24. The van der Waals surface area contributed by atoms with Gasteiger partial charge in [-0.15, -0.1) is 0 Å². The van der Waals surface area contributed by atoms with Crippen molar-refractivity contribution >= 4 is 39.0 Å². The van der Waals surface area contributed by atoms with Crippen molar-refractivity contribution in [2.24, 2.45) is 5.73 Å². The monoisotopic (exact) mass is 358 g/mol. The zero-order chi connectivity index (χ0) is 15.5. The van der Waals surface area contributed by atoms with Crippen LogP contribution in [0.2, 0.25) is 0 Å². The Bertz CT molecular complexity index is 526. The van der Waals surface area contributed by atoms with Gasteiger partial charge in [-0.05, 0) is 45.9 Å². The summed E-state index contributed by atoms with van der Waals surface area (Å²) in [7, 11) is 0. The maximum atomic E-state index is 12.0. The van der Waals surface area contributed by atoms with Crippen LogP contribution in [0.1, 0.15) is 33.3 Å². The summed E-state index contributed by atoms with van der Waals surface area (Å²) in [5.41, 5.74) is 5.96. The minimum Gasteiger partial charge on any atom is -0.480 e. The third kappa shape index (κ3) is 5.09. The lowest BCUT2D eigenvalue weighted by molar-refractivity contribution is -0.128. The number of thiocarbonyl (C=S) groups is 1. The van der Waals surface area contributed by atoms with Crippen LogP contribution in [0, 0.1) is 0 Å². The highest BCUT2D eigenvalue weighted by Gasteiger charge is 2.21. The largest absolute Gasteiger partial charge is 0.480 e. The zero-order valence-corrected chi connectivity index (χ0v) is 14.4. The van der Waals surface area contributed by atoms with Gasteiger partial charge in [-0.2, -0.15) is 0 Å². The van der Waals surface area contributed by atoms with Gasteiger partial charge in [0.05, 0.1) is 5.56 Å². The first kappa shape index (κ1) is 16.9. The molecule has 0 aliphatic heterocycles. The lowest BCUT2D eigenvalue weighted by Crippen LogP contribution is -2.46. The van der Waals surface area contributed by atoms with Crippen LogP contribution in [-0.2, 0) is 4.79 Å². The molecule has 1 amide bonds. The Labute approximate surface area is 133 Å². The SMILES string of the molecule is CC(Oc1ccc(Br)cc1C(N)=S)C(=O)NC(C)(C)C. The van der Waals surface area contributed by atoms with Crippen LogP contribution in [0.15, 0.2) is 22.7 Å². The molecule has 0 aliphatic rings. The Balaban J connectivity index is 2.88. The van der Waals surface area contributed by atoms with Gasteiger partial charge in [0.2, 0.25) is 0 Å². The number of benzene rings is 1. The molecule has 110 valence electrons. The van der Waals surface area contributed by atoms with Gasteiger partial charge in [-0.1, -0.05) is 28.1 Å². The minimum absolute atomic E-state index is 0.186. The molecule has 0 spiro atoms. The van der Waals surface area contributed by atoms with E-state index in [0.29, 0.717) is 11.3 Å². The van der Waals surface area contributed by atoms with Crippen molar-refractivity contribution in [3.63, 3.8) is 0 Å². The number of ether oxygens (including phenoxy) is 1. The molecule has 1 aromatic rings. The summed E-state index contributed by atoms with van der Waals surface area (Å²) in [6.45, 7) is 7.43. The molecule has 0 bridgehead atoms. The summed E-state index contributed by atoms with van der Waals surface area (Å²) in [5, 5.41) is 2.86. The van der Waals surface area contributed by atoms with Crippen LogP contribution >= 0.6 is 28.1 Å². The second-order valence-electron chi connectivity index (χ2n) is 5.50. The van der Waals surface area contributed by atoms with E-state index >= 15 is 0 Å². The van der Waals surface area contributed by atoms with Gasteiger partial charge < -0.3 is 15.8 Å². The molecule has 1 atom stereocenters. The molecular weight excluding hydrogens is 340 g/mol. The van der Waals surface area contributed by atoms with E-state index in [9.17, 15) is 4.79 Å². The Morgan fingerprint density at radius 2 is 2.05 bits per heavy atom. The fourth-order valence-corrected chi connectivity index (χ4v) is 2.03. The van der Waals surface area contributed by atoms with Crippen molar-refractivity contribution < 1.29 is 9.53 Å². The van der Waals surface area contributed by atoms with E-state index in [4.69, 9.17) is 22.7 Å². The molecule has 0 aromatic heterocycles. The molecule has 1 rings (SSSR count). The highest BCUT2D eigenvalue weighted by atomic mass is 79.9. The van der Waals surface area contributed by atoms with Crippen molar-refractivity contribution in [3.05, 3.63) is 28.2 Å². The molecule has 0 heterocycles. The fourth-order valence-electron chi connectivity index (χ4n) is 1.51. The molecule has 0 fully saturated rings. The average Bonchev–Trinajstić information content (AvgIpc) is 2.28. The van der Waals surface area contributed by atoms with Gasteiger partial charge in [0, 0.05) is 10.0 Å². The minimum atomic E-state index is -0.636. The Kier molecular flexibility index (Phi) is 5.53. The number of nitrogens with two attached hydrogens (primary N) is 1. The topological polar surface area (TPSA) is 64.3 Å². The predicted octanol–water partition coefficient (Wildman–Crippen LogP) is 2.77. The molecule has 6 heteroatoms. The first-order valence-corrected chi connectivity index (χ1v) is 7.38. The second-order valence-corrected chi connectivity index (χ2v) is 6.86. The van der Waals surface area contributed by atoms with E-state index in [1.807, 2.05) is 26.8 Å². The summed E-state index contributed by atoms with van der Waals surface area (Å²) in [4.78, 5) is 12.2. The Morgan fingerprint density at radius 1 is 1.45 bits per heavy atom. The number of nitrogens with one attached hydrogen (secondary N) is 1. The number of carbonyl (C=O) groups excluding carboxylic acids is 1. The summed E-state index contributed by atoms with van der Waals surface area (Å²) in [6, 6.07) is 5.32. The normalized spacial score (nSPS) is 12.7. The molecule has 1 unspecified atom stereocenters. The molecule has 0 aliphatic carbocycles. The number of hydrogen-bond acceptors (Lipinski definition) is 3. The lowest BCUT2D eigenvalue weighted by Gasteiger charge is -2.24. The first-order valence-electron chi connectivity index (χ1n) is 6.18. The van der Waals surface area contributed by atoms with Gasteiger partial charge in [0.1, 0.15) is 10.7 Å². The quantitative estimate of drug-likeness (QED) is 0.812. The van der Waals surface area contributed by atoms with Crippen LogP contribution in [0.25, 0.3) is 0 Å². The van der Waals surface area contributed by atoms with E-state index in [1.165, 1.54) is 0 Å². The van der Waals surface area contributed by atoms with Gasteiger partial charge in [0.25, 0.3) is 5.91 Å². The van der Waals surface area contributed by atoms with E-state index < -0.39 is 6.10 Å². The fraction of sp³-hybridized carbons (Fsp3) is 0.429. The van der Waals surface area contributed by atoms with Crippen molar-refractivity contribution in [1.29, 1.82) is 0 Å². The van der Waals surface area contributed by atoms with Gasteiger partial charge in [-0.3, -0.25) is 4.79 Å². The number of rotatable bonds is 4. The maximum Gasteiger partial charge on any atom is 0.261 e. The van der Waals surface area contributed by atoms with Crippen LogP contribution in [0.3, 0.4) is 0 Å². The molecule has 0 saturated heterocycles. The smallest absolute Gasteiger partial charge is 0.261 e. The zero-order valence-electron chi connectivity index (χ0n) is 12.0. The van der Waals surface area contributed by atoms with E-state index in [0.717, 1.165) is 4.47 Å². The average molecular weight is 359 g/mol. The number of halogens is 1. The van der Waals surface area contributed by atoms with Crippen molar-refractivity contribution in [3.8, 4) is 5.75 Å². The van der Waals surface area contributed by atoms with Crippen molar-refractivity contribution in [1.82, 2.24) is 5.32 Å². The molecule has 0 saturated carbocycles. The molecule has 20 heavy (non-hydrogen) atoms. The van der Waals surface area contributed by atoms with Crippen LogP contribution in [-0.4, -0.2) is 22.5 Å². The summed E-state index contributed by atoms with van der Waals surface area (Å²) >= 11 is 8.34. The van der Waals surface area contributed by atoms with E-state index in [1.54, 1.807) is 19.1 Å². The Morgan fingerprint density at radius 3 is 2.55 bits per heavy atom. The Hall–Kier alpha value is -1.14. The summed E-state index contributed by atoms with van der Waals surface area (Å²) in [6.07, 6.45) is -0.636. The number of amides is 1. The first-order chi connectivity index (χ1) is 9.10. The third-order valence-corrected chi connectivity index (χ3v) is 3.09. The van der Waals surface area contributed by atoms with Crippen molar-refractivity contribution in [2.75, 3.05) is 0 Å². The molecule has 3 N–H and O–H groups in total. The standard InChI is InChI=1S/C14H19BrN2O2S/c1-8(13(18)17-14(2,3)4)19-11-6-5-9(15)7-10(11)12(16)20/h5-8H,1-4H3,(H2,16,20)(H,17,18). The highest BCUT2D eigenvalue weighted by molar-refractivity contribution is 9.10. The maximum absolute atomic E-state index is 12.0. The van der Waals surface area contributed by atoms with Gasteiger partial charge >= 0.3 is 0 Å². The second kappa shape index (κ2) is 6.54. The number of hydrogen-bond donors (Lipinski definition) is 2. The van der Waals surface area contributed by atoms with Gasteiger partial charge in [0.15, 0.2) is 6.10 Å².